The molecule has 1 aromatic heterocycles. The number of hydrogen-bond acceptors (Lipinski definition) is 10. The zero-order valence-corrected chi connectivity index (χ0v) is 33.6. The number of para-hydroxylation sites is 1. The Hall–Kier alpha value is -6.75. The van der Waals surface area contributed by atoms with Crippen molar-refractivity contribution >= 4 is 52.5 Å². The van der Waals surface area contributed by atoms with Crippen molar-refractivity contribution in [1.82, 2.24) is 36.6 Å². The molecule has 0 unspecified atom stereocenters. The third-order valence-corrected chi connectivity index (χ3v) is 11.4. The van der Waals surface area contributed by atoms with Gasteiger partial charge in [-0.2, -0.15) is 5.48 Å². The molecule has 2 aliphatic heterocycles. The summed E-state index contributed by atoms with van der Waals surface area (Å²) in [6.45, 7) is 0.0664. The van der Waals surface area contributed by atoms with E-state index in [4.69, 9.17) is 15.3 Å². The van der Waals surface area contributed by atoms with Gasteiger partial charge in [0.15, 0.2) is 0 Å². The number of hydroxylamine groups is 1. The Morgan fingerprint density at radius 3 is 2.31 bits per heavy atom. The summed E-state index contributed by atoms with van der Waals surface area (Å²) in [6.07, 6.45) is 2.29. The number of aromatic nitrogens is 1. The summed E-state index contributed by atoms with van der Waals surface area (Å²) in [5.41, 5.74) is 13.4. The lowest BCUT2D eigenvalue weighted by molar-refractivity contribution is -0.151. The van der Waals surface area contributed by atoms with Crippen LogP contribution in [0.1, 0.15) is 67.6 Å². The molecule has 320 valence electrons. The fourth-order valence-corrected chi connectivity index (χ4v) is 8.37. The van der Waals surface area contributed by atoms with Crippen LogP contribution in [0, 0.1) is 0 Å². The monoisotopic (exact) mass is 834 g/mol. The number of likely N-dealkylation sites (tertiary alicyclic amines) is 1. The van der Waals surface area contributed by atoms with Crippen LogP contribution in [0.3, 0.4) is 0 Å². The summed E-state index contributed by atoms with van der Waals surface area (Å²) < 4.78 is 5.74. The predicted molar refractivity (Wildman–Crippen MR) is 222 cm³/mol. The van der Waals surface area contributed by atoms with Crippen LogP contribution in [-0.2, 0) is 44.8 Å². The van der Waals surface area contributed by atoms with E-state index in [1.165, 1.54) is 4.90 Å². The number of benzene rings is 3. The van der Waals surface area contributed by atoms with Crippen LogP contribution in [0.2, 0.25) is 0 Å². The number of carbonyl (C=O) groups excluding carboxylic acids is 7. The van der Waals surface area contributed by atoms with E-state index in [1.807, 2.05) is 72.8 Å². The van der Waals surface area contributed by atoms with Crippen LogP contribution in [0.15, 0.2) is 79.0 Å². The lowest BCUT2D eigenvalue weighted by Gasteiger charge is -2.30. The average molecular weight is 835 g/mol. The van der Waals surface area contributed by atoms with Gasteiger partial charge in [0.05, 0.1) is 6.54 Å². The average Bonchev–Trinajstić information content (AvgIpc) is 4.00. The van der Waals surface area contributed by atoms with Gasteiger partial charge >= 0.3 is 12.1 Å². The van der Waals surface area contributed by atoms with Gasteiger partial charge in [-0.15, -0.1) is 0 Å². The van der Waals surface area contributed by atoms with Crippen molar-refractivity contribution in [1.29, 1.82) is 0 Å². The molecule has 6 amide bonds. The van der Waals surface area contributed by atoms with Gasteiger partial charge in [0, 0.05) is 48.9 Å². The molecule has 2 fully saturated rings. The Bertz CT molecular complexity index is 2250. The van der Waals surface area contributed by atoms with E-state index in [0.29, 0.717) is 31.2 Å². The highest BCUT2D eigenvalue weighted by Gasteiger charge is 2.39. The minimum atomic E-state index is -1.34. The van der Waals surface area contributed by atoms with Crippen LogP contribution < -0.4 is 32.5 Å². The number of ether oxygens (including phenoxy) is 1. The number of carbonyl (C=O) groups is 7. The Kier molecular flexibility index (Phi) is 13.6. The van der Waals surface area contributed by atoms with Crippen molar-refractivity contribution in [2.24, 2.45) is 5.73 Å². The van der Waals surface area contributed by atoms with E-state index < -0.39 is 65.8 Å². The molecule has 4 aromatic rings. The SMILES string of the molecule is NC(=O)CNC(=O)[C@H]1CCCN1C(=O)[C@@H]1CCCCNOC(=O)CC[C@H](NC(=O)OCC2c3ccccc3-c3ccccc32)C(=O)N[C@@H](Cc2c[nH]c3ccccc23)C(=O)N1. The molecule has 1 aliphatic carbocycles. The van der Waals surface area contributed by atoms with Gasteiger partial charge in [-0.25, -0.2) is 4.79 Å². The molecule has 3 aliphatic rings. The molecule has 3 heterocycles. The zero-order valence-electron chi connectivity index (χ0n) is 33.6. The van der Waals surface area contributed by atoms with Crippen LogP contribution in [0.5, 0.6) is 0 Å². The first-order chi connectivity index (χ1) is 29.6. The number of alkyl carbamates (subject to hydrolysis) is 1. The molecule has 7 rings (SSSR count). The lowest BCUT2D eigenvalue weighted by atomic mass is 9.98. The maximum atomic E-state index is 14.4. The van der Waals surface area contributed by atoms with E-state index in [9.17, 15) is 33.6 Å². The Morgan fingerprint density at radius 2 is 1.56 bits per heavy atom. The number of nitrogens with zero attached hydrogens (tertiary/aromatic N) is 1. The third-order valence-electron chi connectivity index (χ3n) is 11.4. The first-order valence-electron chi connectivity index (χ1n) is 20.6. The van der Waals surface area contributed by atoms with Crippen LogP contribution >= 0.6 is 0 Å². The normalized spacial score (nSPS) is 21.4. The molecule has 17 nitrogen and oxygen atoms in total. The molecule has 61 heavy (non-hydrogen) atoms. The van der Waals surface area contributed by atoms with E-state index in [1.54, 1.807) is 6.20 Å². The number of nitrogens with one attached hydrogen (secondary N) is 6. The van der Waals surface area contributed by atoms with E-state index >= 15 is 0 Å². The maximum absolute atomic E-state index is 14.4. The highest BCUT2D eigenvalue weighted by Crippen LogP contribution is 2.44. The van der Waals surface area contributed by atoms with Crippen molar-refractivity contribution in [2.45, 2.75) is 81.5 Å². The standard InChI is InChI=1S/C44H50N8O9/c45-38(53)24-47-42(57)37-17-9-21-52(37)43(58)35-16-7-8-20-48-61-39(54)19-18-34(40(55)50-36(41(56)49-35)22-26-23-46-33-15-6-5-10-27(26)33)51-44(59)60-25-32-30-13-3-1-11-28(30)29-12-2-4-14-31(29)32/h1-6,10-15,23,32,34-37,46,48H,7-9,16-22,24-25H2,(H2,45,53)(H,47,57)(H,49,56)(H,50,55)(H,51,59)/t34-,35-,36-,37+/m0/s1. The summed E-state index contributed by atoms with van der Waals surface area (Å²) in [6, 6.07) is 18.6. The number of aromatic amines is 1. The number of nitrogens with two attached hydrogens (primary N) is 1. The summed E-state index contributed by atoms with van der Waals surface area (Å²) >= 11 is 0. The minimum Gasteiger partial charge on any atom is -0.449 e. The van der Waals surface area contributed by atoms with Crippen molar-refractivity contribution < 1.29 is 43.1 Å². The zero-order chi connectivity index (χ0) is 42.9. The smallest absolute Gasteiger partial charge is 0.407 e. The van der Waals surface area contributed by atoms with Crippen molar-refractivity contribution in [3.63, 3.8) is 0 Å². The van der Waals surface area contributed by atoms with Gasteiger partial charge in [0.2, 0.25) is 29.5 Å². The molecule has 2 saturated heterocycles. The first kappa shape index (κ1) is 42.4. The van der Waals surface area contributed by atoms with Crippen LogP contribution in [0.25, 0.3) is 22.0 Å². The minimum absolute atomic E-state index is 0.00597. The van der Waals surface area contributed by atoms with E-state index in [2.05, 4.69) is 31.7 Å². The fraction of sp³-hybridized carbons (Fsp3) is 0.386. The molecule has 0 spiro atoms. The van der Waals surface area contributed by atoms with Gasteiger partial charge in [0.25, 0.3) is 0 Å². The summed E-state index contributed by atoms with van der Waals surface area (Å²) in [5, 5.41) is 11.6. The van der Waals surface area contributed by atoms with Crippen molar-refractivity contribution in [2.75, 3.05) is 26.2 Å². The molecular weight excluding hydrogens is 785 g/mol. The molecule has 0 bridgehead atoms. The molecule has 4 atom stereocenters. The highest BCUT2D eigenvalue weighted by atomic mass is 16.7. The number of fused-ring (bicyclic) bond motifs is 4. The molecule has 8 N–H and O–H groups in total. The van der Waals surface area contributed by atoms with Gasteiger partial charge in [-0.3, -0.25) is 28.8 Å². The van der Waals surface area contributed by atoms with E-state index in [0.717, 1.165) is 33.2 Å². The van der Waals surface area contributed by atoms with Crippen molar-refractivity contribution in [3.05, 3.63) is 95.7 Å². The molecule has 0 saturated carbocycles. The number of primary amides is 1. The van der Waals surface area contributed by atoms with Crippen molar-refractivity contribution in [3.8, 4) is 11.1 Å². The number of H-pyrrole nitrogens is 1. The van der Waals surface area contributed by atoms with Gasteiger partial charge in [-0.1, -0.05) is 66.7 Å². The second-order valence-corrected chi connectivity index (χ2v) is 15.5. The summed E-state index contributed by atoms with van der Waals surface area (Å²) in [5.74, 6) is -4.12. The van der Waals surface area contributed by atoms with Gasteiger partial charge < -0.3 is 46.5 Å². The molecular formula is C44H50N8O9. The summed E-state index contributed by atoms with van der Waals surface area (Å²) in [4.78, 5) is 103. The fourth-order valence-electron chi connectivity index (χ4n) is 8.37. The highest BCUT2D eigenvalue weighted by molar-refractivity contribution is 5.97. The topological polar surface area (TPSA) is 243 Å². The van der Waals surface area contributed by atoms with Gasteiger partial charge in [-0.05, 0) is 72.4 Å². The van der Waals surface area contributed by atoms with Crippen LogP contribution in [-0.4, -0.2) is 102 Å². The molecule has 0 radical (unpaired) electrons. The van der Waals surface area contributed by atoms with Gasteiger partial charge in [0.1, 0.15) is 30.8 Å². The largest absolute Gasteiger partial charge is 0.449 e. The Labute approximate surface area is 351 Å². The molecule has 17 heteroatoms. The lowest BCUT2D eigenvalue weighted by Crippen LogP contribution is -2.59. The number of rotatable bonds is 9. The predicted octanol–water partition coefficient (Wildman–Crippen LogP) is 2.19. The summed E-state index contributed by atoms with van der Waals surface area (Å²) in [7, 11) is 0. The number of amides is 6. The first-order valence-corrected chi connectivity index (χ1v) is 20.6. The van der Waals surface area contributed by atoms with E-state index in [-0.39, 0.29) is 57.8 Å². The second kappa shape index (κ2) is 19.5. The Morgan fingerprint density at radius 1 is 0.836 bits per heavy atom. The maximum Gasteiger partial charge on any atom is 0.407 e. The quantitative estimate of drug-likeness (QED) is 0.130. The second-order valence-electron chi connectivity index (χ2n) is 15.5. The van der Waals surface area contributed by atoms with Crippen LogP contribution in [0.4, 0.5) is 4.79 Å². The third kappa shape index (κ3) is 10.2. The number of hydrogen-bond donors (Lipinski definition) is 7. The molecule has 3 aromatic carbocycles. The Balaban J connectivity index is 1.12.